The van der Waals surface area contributed by atoms with E-state index in [1.54, 1.807) is 11.1 Å². The van der Waals surface area contributed by atoms with Crippen molar-refractivity contribution in [1.29, 1.82) is 0 Å². The maximum atomic E-state index is 4.93. The minimum absolute atomic E-state index is 0.402. The molecule has 0 fully saturated rings. The van der Waals surface area contributed by atoms with Crippen molar-refractivity contribution < 1.29 is 20.8 Å². The molecule has 0 aromatic heterocycles. The Balaban J connectivity index is 0.000000155. The predicted octanol–water partition coefficient (Wildman–Crippen LogP) is 16.2. The molecule has 2 radical (unpaired) electrons. The average molecular weight is 952 g/mol. The molecule has 0 unspecified atom stereocenters. The second-order valence-corrected chi connectivity index (χ2v) is 22.5. The van der Waals surface area contributed by atoms with Crippen molar-refractivity contribution >= 4 is 36.9 Å². The van der Waals surface area contributed by atoms with Gasteiger partial charge < -0.3 is 0 Å². The quantitative estimate of drug-likeness (QED) is 0.0753. The summed E-state index contributed by atoms with van der Waals surface area (Å²) in [4.78, 5) is 0. The zero-order valence-corrected chi connectivity index (χ0v) is 42.6. The van der Waals surface area contributed by atoms with Crippen molar-refractivity contribution in [2.45, 2.75) is 118 Å². The maximum absolute atomic E-state index is 4.93. The number of fused-ring (bicyclic) bond motifs is 5. The molecule has 6 aromatic rings. The number of hydrogen-bond acceptors (Lipinski definition) is 0. The third-order valence-corrected chi connectivity index (χ3v) is 14.4. The Kier molecular flexibility index (Phi) is 19.2. The van der Waals surface area contributed by atoms with E-state index in [0.717, 1.165) is 9.52 Å². The van der Waals surface area contributed by atoms with Crippen LogP contribution >= 0.6 is 17.0 Å². The Labute approximate surface area is 397 Å². The van der Waals surface area contributed by atoms with Crippen molar-refractivity contribution in [3.05, 3.63) is 181 Å². The fraction of sp³-hybridized carbons (Fsp3) is 0.345. The van der Waals surface area contributed by atoms with E-state index >= 15 is 0 Å². The molecule has 2 aliphatic carbocycles. The first-order chi connectivity index (χ1) is 30.4. The summed E-state index contributed by atoms with van der Waals surface area (Å²) < 4.78 is 0. The van der Waals surface area contributed by atoms with Crippen LogP contribution in [0.1, 0.15) is 127 Å². The zero-order chi connectivity index (χ0) is 43.6. The van der Waals surface area contributed by atoms with Crippen LogP contribution in [0.15, 0.2) is 140 Å². The van der Waals surface area contributed by atoms with Crippen LogP contribution in [0.4, 0.5) is 0 Å². The van der Waals surface area contributed by atoms with Crippen LogP contribution in [0.2, 0.25) is 0 Å². The summed E-state index contributed by atoms with van der Waals surface area (Å²) in [5.41, 5.74) is 15.3. The summed E-state index contributed by atoms with van der Waals surface area (Å²) in [6.07, 6.45) is 23.6. The van der Waals surface area contributed by atoms with Crippen molar-refractivity contribution in [2.24, 2.45) is 10.8 Å². The monoisotopic (exact) mass is 949 g/mol. The molecule has 6 aromatic carbocycles. The second-order valence-electron chi connectivity index (χ2n) is 17.5. The van der Waals surface area contributed by atoms with E-state index < -0.39 is 20.8 Å². The molecule has 1 heterocycles. The molecule has 0 saturated heterocycles. The Morgan fingerprint density at radius 1 is 0.500 bits per heavy atom. The summed E-state index contributed by atoms with van der Waals surface area (Å²) in [5.74, 6) is 0. The van der Waals surface area contributed by atoms with E-state index in [9.17, 15) is 0 Å². The van der Waals surface area contributed by atoms with Gasteiger partial charge in [0.05, 0.1) is 9.52 Å². The molecule has 0 N–H and O–H groups in total. The average Bonchev–Trinajstić information content (AvgIpc) is 4.02. The van der Waals surface area contributed by atoms with Gasteiger partial charge in [0, 0.05) is 0 Å². The van der Waals surface area contributed by atoms with Gasteiger partial charge in [0.1, 0.15) is 0 Å². The van der Waals surface area contributed by atoms with Gasteiger partial charge in [-0.2, -0.15) is 65.6 Å². The fourth-order valence-corrected chi connectivity index (χ4v) is 11.2. The van der Waals surface area contributed by atoms with Gasteiger partial charge in [-0.3, -0.25) is 0 Å². The first-order valence-corrected chi connectivity index (χ1v) is 30.7. The van der Waals surface area contributed by atoms with Gasteiger partial charge in [-0.15, -0.1) is 28.8 Å². The van der Waals surface area contributed by atoms with Crippen molar-refractivity contribution in [3.63, 3.8) is 0 Å². The SMILES string of the molecule is CCCCC1(CCCC)[CH-]c2cccc(-c3ccccc3)c2C1.CCCCC1(CCCC)[CH-]c2cccc(-c3ccccc3)c2C1.[Cl][Zr][Cl].[c-]1cccc2c1[Si]c1ccccc1-2. The number of halogens is 2. The van der Waals surface area contributed by atoms with E-state index in [-0.39, 0.29) is 0 Å². The van der Waals surface area contributed by atoms with Gasteiger partial charge in [0.2, 0.25) is 0 Å². The van der Waals surface area contributed by atoms with Crippen LogP contribution in [-0.4, -0.2) is 9.52 Å². The molecule has 0 saturated carbocycles. The summed E-state index contributed by atoms with van der Waals surface area (Å²) in [5, 5.41) is 2.82. The van der Waals surface area contributed by atoms with Gasteiger partial charge in [0.25, 0.3) is 0 Å². The van der Waals surface area contributed by atoms with E-state index in [2.05, 4.69) is 180 Å². The summed E-state index contributed by atoms with van der Waals surface area (Å²) in [7, 11) is 10.7. The molecule has 0 amide bonds. The van der Waals surface area contributed by atoms with Crippen molar-refractivity contribution in [2.75, 3.05) is 0 Å². The van der Waals surface area contributed by atoms with E-state index in [4.69, 9.17) is 17.0 Å². The Hall–Kier alpha value is -3.26. The minimum atomic E-state index is -0.826. The smallest absolute Gasteiger partial charge is 0.0920 e. The van der Waals surface area contributed by atoms with E-state index in [0.29, 0.717) is 10.8 Å². The Bertz CT molecular complexity index is 2080. The Morgan fingerprint density at radius 3 is 1.35 bits per heavy atom. The van der Waals surface area contributed by atoms with Gasteiger partial charge in [-0.1, -0.05) is 247 Å². The third kappa shape index (κ3) is 12.5. The topological polar surface area (TPSA) is 0 Å². The third-order valence-electron chi connectivity index (χ3n) is 13.0. The number of rotatable bonds is 14. The van der Waals surface area contributed by atoms with Gasteiger partial charge in [0.15, 0.2) is 0 Å². The Morgan fingerprint density at radius 2 is 0.903 bits per heavy atom. The molecule has 0 nitrogen and oxygen atoms in total. The molecule has 1 aliphatic heterocycles. The molecular formula is C58H65Cl2SiZr-3. The molecule has 0 atom stereocenters. The number of unbranched alkanes of at least 4 members (excludes halogenated alkanes) is 4. The minimum Gasteiger partial charge on any atom is -0.184 e. The molecule has 0 spiro atoms. The number of benzene rings is 6. The molecule has 3 aliphatic rings. The van der Waals surface area contributed by atoms with Crippen molar-refractivity contribution in [1.82, 2.24) is 0 Å². The summed E-state index contributed by atoms with van der Waals surface area (Å²) in [6.45, 7) is 9.24. The van der Waals surface area contributed by atoms with Crippen molar-refractivity contribution in [3.8, 4) is 33.4 Å². The second kappa shape index (κ2) is 24.7. The van der Waals surface area contributed by atoms with Gasteiger partial charge in [-0.05, 0) is 11.1 Å². The van der Waals surface area contributed by atoms with E-state index in [1.165, 1.54) is 145 Å². The largest absolute Gasteiger partial charge is 0.184 e. The van der Waals surface area contributed by atoms with Crippen LogP contribution in [0.3, 0.4) is 0 Å². The first kappa shape index (κ1) is 48.2. The number of hydrogen-bond donors (Lipinski definition) is 0. The standard InChI is InChI=1S/2C23H29.C12H7Si.2ClH.Zr/c2*1-3-5-15-23(16-6-4-2)17-20-13-10-14-21(22(20)18-23)19-11-8-7-9-12-19;1-3-7-11-9(5-1)10-6-2-4-8-12(10)13-11;;;/h2*7-14,17H,3-6,15-16,18H2,1-2H3;1-7H;2*1H;/q3*-1;;;+2/p-2. The van der Waals surface area contributed by atoms with Crippen LogP contribution in [0.25, 0.3) is 33.4 Å². The fourth-order valence-electron chi connectivity index (χ4n) is 9.85. The van der Waals surface area contributed by atoms with Gasteiger partial charge >= 0.3 is 37.9 Å². The summed E-state index contributed by atoms with van der Waals surface area (Å²) >= 11 is -0.826. The zero-order valence-electron chi connectivity index (χ0n) is 37.6. The van der Waals surface area contributed by atoms with Crippen LogP contribution in [-0.2, 0) is 33.7 Å². The van der Waals surface area contributed by atoms with Gasteiger partial charge in [-0.25, -0.2) is 0 Å². The van der Waals surface area contributed by atoms with Crippen LogP contribution in [0.5, 0.6) is 0 Å². The maximum Gasteiger partial charge on any atom is 0.0920 e. The first-order valence-electron chi connectivity index (χ1n) is 23.3. The van der Waals surface area contributed by atoms with Crippen LogP contribution in [0, 0.1) is 29.7 Å². The predicted molar refractivity (Wildman–Crippen MR) is 268 cm³/mol. The molecular weight excluding hydrogens is 887 g/mol. The molecule has 0 bridgehead atoms. The molecule has 62 heavy (non-hydrogen) atoms. The van der Waals surface area contributed by atoms with E-state index in [1.807, 2.05) is 6.07 Å². The summed E-state index contributed by atoms with van der Waals surface area (Å²) in [6, 6.07) is 53.6. The molecule has 4 heteroatoms. The normalized spacial score (nSPS) is 14.1. The molecule has 9 rings (SSSR count). The molecule has 322 valence electrons. The van der Waals surface area contributed by atoms with Crippen LogP contribution < -0.4 is 10.4 Å².